The van der Waals surface area contributed by atoms with Gasteiger partial charge in [-0.15, -0.1) is 0 Å². The number of nitrogens with one attached hydrogen (secondary N) is 1. The first kappa shape index (κ1) is 24.7. The average molecular weight is 481 g/mol. The van der Waals surface area contributed by atoms with Crippen molar-refractivity contribution in [2.75, 3.05) is 32.9 Å². The molecule has 35 heavy (non-hydrogen) atoms. The number of nitrogens with zero attached hydrogens (tertiary/aromatic N) is 1. The van der Waals surface area contributed by atoms with E-state index in [1.807, 2.05) is 24.3 Å². The minimum atomic E-state index is -1.09. The molecule has 1 saturated heterocycles. The third-order valence-electron chi connectivity index (χ3n) is 7.09. The zero-order chi connectivity index (χ0) is 24.8. The van der Waals surface area contributed by atoms with Gasteiger partial charge in [-0.3, -0.25) is 4.79 Å². The highest BCUT2D eigenvalue weighted by Crippen LogP contribution is 2.44. The number of hydrogen-bond donors (Lipinski definition) is 2. The molecule has 1 heterocycles. The number of carbonyl (C=O) groups excluding carboxylic acids is 2. The summed E-state index contributed by atoms with van der Waals surface area (Å²) in [5.41, 5.74) is 3.56. The van der Waals surface area contributed by atoms with Crippen molar-refractivity contribution in [1.82, 2.24) is 10.2 Å². The lowest BCUT2D eigenvalue weighted by Gasteiger charge is -2.34. The molecule has 186 valence electrons. The van der Waals surface area contributed by atoms with Crippen molar-refractivity contribution >= 4 is 18.0 Å². The van der Waals surface area contributed by atoms with Gasteiger partial charge in [-0.1, -0.05) is 55.5 Å². The zero-order valence-electron chi connectivity index (χ0n) is 20.0. The molecule has 1 unspecified atom stereocenters. The number of carbonyl (C=O) groups is 3. The number of carboxylic acids is 1. The molecule has 8 nitrogen and oxygen atoms in total. The Bertz CT molecular complexity index is 1040. The van der Waals surface area contributed by atoms with Crippen LogP contribution in [0.2, 0.25) is 0 Å². The number of benzene rings is 2. The molecule has 0 bridgehead atoms. The van der Waals surface area contributed by atoms with Crippen molar-refractivity contribution in [2.24, 2.45) is 0 Å². The van der Waals surface area contributed by atoms with E-state index in [1.54, 1.807) is 6.92 Å². The smallest absolute Gasteiger partial charge is 0.407 e. The van der Waals surface area contributed by atoms with Crippen LogP contribution in [0, 0.1) is 0 Å². The predicted molar refractivity (Wildman–Crippen MR) is 130 cm³/mol. The summed E-state index contributed by atoms with van der Waals surface area (Å²) in [7, 11) is 0. The highest BCUT2D eigenvalue weighted by atomic mass is 16.5. The fourth-order valence-electron chi connectivity index (χ4n) is 5.25. The van der Waals surface area contributed by atoms with Gasteiger partial charge in [-0.25, -0.2) is 9.59 Å². The number of ether oxygens (including phenoxy) is 2. The Labute approximate surface area is 205 Å². The fourth-order valence-corrected chi connectivity index (χ4v) is 5.25. The van der Waals surface area contributed by atoms with Crippen LogP contribution in [-0.4, -0.2) is 66.4 Å². The second kappa shape index (κ2) is 10.9. The summed E-state index contributed by atoms with van der Waals surface area (Å²) in [6.07, 6.45) is 1.16. The van der Waals surface area contributed by atoms with E-state index in [1.165, 1.54) is 16.0 Å². The van der Waals surface area contributed by atoms with Crippen molar-refractivity contribution in [3.8, 4) is 11.1 Å². The highest BCUT2D eigenvalue weighted by molar-refractivity contribution is 5.87. The maximum atomic E-state index is 12.5. The molecule has 1 aliphatic carbocycles. The Kier molecular flexibility index (Phi) is 7.70. The monoisotopic (exact) mass is 480 g/mol. The molecule has 4 rings (SSSR count). The predicted octanol–water partition coefficient (Wildman–Crippen LogP) is 3.79. The molecule has 1 atom stereocenters. The van der Waals surface area contributed by atoms with Gasteiger partial charge in [0.05, 0.1) is 19.6 Å². The van der Waals surface area contributed by atoms with Gasteiger partial charge in [0.15, 0.2) is 0 Å². The maximum Gasteiger partial charge on any atom is 0.407 e. The number of carboxylic acid groups (broad SMARTS) is 1. The van der Waals surface area contributed by atoms with E-state index >= 15 is 0 Å². The Hall–Kier alpha value is -3.39. The van der Waals surface area contributed by atoms with Gasteiger partial charge < -0.3 is 24.8 Å². The van der Waals surface area contributed by atoms with Crippen LogP contribution in [0.5, 0.6) is 0 Å². The van der Waals surface area contributed by atoms with Crippen LogP contribution < -0.4 is 5.32 Å². The molecule has 2 aliphatic rings. The van der Waals surface area contributed by atoms with Crippen LogP contribution in [-0.2, 0) is 19.1 Å². The van der Waals surface area contributed by atoms with Crippen molar-refractivity contribution in [3.63, 3.8) is 0 Å². The molecule has 2 aromatic rings. The van der Waals surface area contributed by atoms with Crippen LogP contribution >= 0.6 is 0 Å². The molecule has 2 N–H and O–H groups in total. The lowest BCUT2D eigenvalue weighted by atomic mass is 9.93. The standard InChI is InChI=1S/C27H32N2O6/c1-2-27(25(31)32)13-7-15-29(27)24(30)12-16-34-17-14-28-26(33)35-18-23-21-10-5-3-8-19(21)20-9-4-6-11-22(20)23/h3-6,8-11,23H,2,7,12-18H2,1H3,(H,28,33)(H,31,32). The third-order valence-corrected chi connectivity index (χ3v) is 7.09. The van der Waals surface area contributed by atoms with Gasteiger partial charge in [0.2, 0.25) is 5.91 Å². The van der Waals surface area contributed by atoms with E-state index in [9.17, 15) is 19.5 Å². The largest absolute Gasteiger partial charge is 0.479 e. The zero-order valence-corrected chi connectivity index (χ0v) is 20.0. The number of likely N-dealkylation sites (tertiary alicyclic amines) is 1. The van der Waals surface area contributed by atoms with Crippen LogP contribution in [0.3, 0.4) is 0 Å². The lowest BCUT2D eigenvalue weighted by molar-refractivity contribution is -0.157. The summed E-state index contributed by atoms with van der Waals surface area (Å²) in [4.78, 5) is 38.0. The Balaban J connectivity index is 1.16. The van der Waals surface area contributed by atoms with Crippen LogP contribution in [0.25, 0.3) is 11.1 Å². The maximum absolute atomic E-state index is 12.5. The number of aliphatic carboxylic acids is 1. The molecule has 0 spiro atoms. The highest BCUT2D eigenvalue weighted by Gasteiger charge is 2.48. The average Bonchev–Trinajstić information content (AvgIpc) is 3.45. The van der Waals surface area contributed by atoms with Gasteiger partial charge >= 0.3 is 12.1 Å². The fraction of sp³-hybridized carbons (Fsp3) is 0.444. The second-order valence-corrected chi connectivity index (χ2v) is 8.95. The van der Waals surface area contributed by atoms with Gasteiger partial charge in [-0.05, 0) is 41.5 Å². The quantitative estimate of drug-likeness (QED) is 0.502. The van der Waals surface area contributed by atoms with E-state index in [0.29, 0.717) is 25.8 Å². The summed E-state index contributed by atoms with van der Waals surface area (Å²) in [5.74, 6) is -1.16. The van der Waals surface area contributed by atoms with E-state index < -0.39 is 17.6 Å². The molecule has 1 fully saturated rings. The van der Waals surface area contributed by atoms with E-state index in [-0.39, 0.29) is 44.6 Å². The Morgan fingerprint density at radius 2 is 1.71 bits per heavy atom. The summed E-state index contributed by atoms with van der Waals surface area (Å²) >= 11 is 0. The molecule has 2 aromatic carbocycles. The van der Waals surface area contributed by atoms with E-state index in [2.05, 4.69) is 29.6 Å². The SMILES string of the molecule is CCC1(C(=O)O)CCCN1C(=O)CCOCCNC(=O)OCC1c2ccccc2-c2ccccc21. The van der Waals surface area contributed by atoms with Gasteiger partial charge in [0.25, 0.3) is 0 Å². The second-order valence-electron chi connectivity index (χ2n) is 8.95. The van der Waals surface area contributed by atoms with Crippen molar-refractivity contribution < 1.29 is 29.0 Å². The topological polar surface area (TPSA) is 105 Å². The third kappa shape index (κ3) is 5.03. The van der Waals surface area contributed by atoms with Gasteiger partial charge in [0, 0.05) is 19.0 Å². The van der Waals surface area contributed by atoms with E-state index in [4.69, 9.17) is 9.47 Å². The Morgan fingerprint density at radius 3 is 2.34 bits per heavy atom. The summed E-state index contributed by atoms with van der Waals surface area (Å²) in [5, 5.41) is 12.3. The summed E-state index contributed by atoms with van der Waals surface area (Å²) < 4.78 is 11.0. The molecular formula is C27H32N2O6. The minimum absolute atomic E-state index is 0.00189. The number of hydrogen-bond acceptors (Lipinski definition) is 5. The van der Waals surface area contributed by atoms with Crippen LogP contribution in [0.15, 0.2) is 48.5 Å². The normalized spacial score (nSPS) is 18.7. The molecule has 0 saturated carbocycles. The lowest BCUT2D eigenvalue weighted by Crippen LogP contribution is -2.52. The van der Waals surface area contributed by atoms with Crippen molar-refractivity contribution in [3.05, 3.63) is 59.7 Å². The molecule has 0 aromatic heterocycles. The Morgan fingerprint density at radius 1 is 1.06 bits per heavy atom. The first-order valence-corrected chi connectivity index (χ1v) is 12.2. The van der Waals surface area contributed by atoms with Gasteiger partial charge in [-0.2, -0.15) is 0 Å². The number of alkyl carbamates (subject to hydrolysis) is 1. The molecule has 2 amide bonds. The number of rotatable bonds is 10. The number of fused-ring (bicyclic) bond motifs is 3. The minimum Gasteiger partial charge on any atom is -0.479 e. The molecular weight excluding hydrogens is 448 g/mol. The van der Waals surface area contributed by atoms with Crippen molar-refractivity contribution in [2.45, 2.75) is 44.1 Å². The first-order chi connectivity index (χ1) is 17.0. The summed E-state index contributed by atoms with van der Waals surface area (Å²) in [6.45, 7) is 3.15. The van der Waals surface area contributed by atoms with Crippen LogP contribution in [0.1, 0.15) is 49.7 Å². The summed E-state index contributed by atoms with van der Waals surface area (Å²) in [6, 6.07) is 16.3. The van der Waals surface area contributed by atoms with Gasteiger partial charge in [0.1, 0.15) is 12.1 Å². The number of amides is 2. The van der Waals surface area contributed by atoms with Crippen LogP contribution in [0.4, 0.5) is 4.79 Å². The van der Waals surface area contributed by atoms with Crippen molar-refractivity contribution in [1.29, 1.82) is 0 Å². The van der Waals surface area contributed by atoms with E-state index in [0.717, 1.165) is 11.1 Å². The molecule has 8 heteroatoms. The molecule has 0 radical (unpaired) electrons. The first-order valence-electron chi connectivity index (χ1n) is 12.2. The molecule has 1 aliphatic heterocycles.